The number of benzene rings is 1. The highest BCUT2D eigenvalue weighted by Gasteiger charge is 2.48. The van der Waals surface area contributed by atoms with E-state index in [4.69, 9.17) is 0 Å². The number of aryl methyl sites for hydroxylation is 2. The van der Waals surface area contributed by atoms with Crippen LogP contribution in [0.2, 0.25) is 0 Å². The molecule has 0 unspecified atom stereocenters. The third kappa shape index (κ3) is 2.23. The fourth-order valence-corrected chi connectivity index (χ4v) is 2.66. The van der Waals surface area contributed by atoms with Crippen LogP contribution < -0.4 is 0 Å². The lowest BCUT2D eigenvalue weighted by Crippen LogP contribution is -2.10. The Bertz CT molecular complexity index is 727. The second-order valence-corrected chi connectivity index (χ2v) is 6.29. The third-order valence-electron chi connectivity index (χ3n) is 3.72. The summed E-state index contributed by atoms with van der Waals surface area (Å²) in [5.41, 5.74) is 3.61. The molecule has 0 radical (unpaired) electrons. The topological polar surface area (TPSA) is 49.6 Å². The molecule has 100 valence electrons. The van der Waals surface area contributed by atoms with E-state index in [-0.39, 0.29) is 0 Å². The highest BCUT2D eigenvalue weighted by molar-refractivity contribution is 9.10. The van der Waals surface area contributed by atoms with Crippen molar-refractivity contribution in [2.45, 2.75) is 32.1 Å². The minimum atomic E-state index is -0.444. The van der Waals surface area contributed by atoms with E-state index in [0.717, 1.165) is 34.3 Å². The summed E-state index contributed by atoms with van der Waals surface area (Å²) in [4.78, 5) is 9.13. The molecule has 0 aliphatic heterocycles. The first-order valence-corrected chi connectivity index (χ1v) is 7.37. The zero-order valence-electron chi connectivity index (χ0n) is 11.4. The van der Waals surface area contributed by atoms with Crippen LogP contribution in [0.25, 0.3) is 11.3 Å². The van der Waals surface area contributed by atoms with Crippen LogP contribution in [0, 0.1) is 25.2 Å². The molecule has 1 aliphatic carbocycles. The van der Waals surface area contributed by atoms with Crippen molar-refractivity contribution in [2.75, 3.05) is 0 Å². The van der Waals surface area contributed by atoms with Crippen LogP contribution in [0.15, 0.2) is 28.7 Å². The maximum Gasteiger partial charge on any atom is 0.149 e. The Kier molecular flexibility index (Phi) is 3.10. The van der Waals surface area contributed by atoms with Gasteiger partial charge in [-0.25, -0.2) is 9.97 Å². The van der Waals surface area contributed by atoms with E-state index < -0.39 is 5.41 Å². The van der Waals surface area contributed by atoms with E-state index >= 15 is 0 Å². The van der Waals surface area contributed by atoms with Gasteiger partial charge >= 0.3 is 0 Å². The van der Waals surface area contributed by atoms with Crippen LogP contribution in [0.3, 0.4) is 0 Å². The quantitative estimate of drug-likeness (QED) is 0.835. The molecule has 0 saturated heterocycles. The number of nitriles is 1. The SMILES string of the molecule is Cc1cc(-c2cc(Br)ccc2C)nc(C2(C#N)CC2)n1. The predicted molar refractivity (Wildman–Crippen MR) is 81.2 cm³/mol. The molecular formula is C16H14BrN3. The average Bonchev–Trinajstić information content (AvgIpc) is 3.22. The van der Waals surface area contributed by atoms with Crippen molar-refractivity contribution < 1.29 is 0 Å². The van der Waals surface area contributed by atoms with Gasteiger partial charge < -0.3 is 0 Å². The highest BCUT2D eigenvalue weighted by atomic mass is 79.9. The van der Waals surface area contributed by atoms with Gasteiger partial charge in [0.15, 0.2) is 0 Å². The molecule has 0 spiro atoms. The Labute approximate surface area is 126 Å². The molecule has 1 aromatic heterocycles. The van der Waals surface area contributed by atoms with Gasteiger partial charge in [0.1, 0.15) is 11.2 Å². The van der Waals surface area contributed by atoms with E-state index in [1.165, 1.54) is 5.56 Å². The van der Waals surface area contributed by atoms with E-state index in [1.807, 2.05) is 19.1 Å². The zero-order valence-corrected chi connectivity index (χ0v) is 13.0. The van der Waals surface area contributed by atoms with Crippen LogP contribution >= 0.6 is 15.9 Å². The van der Waals surface area contributed by atoms with Gasteiger partial charge in [0.2, 0.25) is 0 Å². The molecule has 1 aromatic carbocycles. The molecule has 4 heteroatoms. The molecule has 0 bridgehead atoms. The Morgan fingerprint density at radius 1 is 1.20 bits per heavy atom. The van der Waals surface area contributed by atoms with Gasteiger partial charge in [-0.15, -0.1) is 0 Å². The van der Waals surface area contributed by atoms with Gasteiger partial charge in [-0.3, -0.25) is 0 Å². The van der Waals surface area contributed by atoms with E-state index in [1.54, 1.807) is 0 Å². The first-order chi connectivity index (χ1) is 9.54. The molecule has 2 aromatic rings. The largest absolute Gasteiger partial charge is 0.236 e. The lowest BCUT2D eigenvalue weighted by atomic mass is 10.0. The van der Waals surface area contributed by atoms with Crippen molar-refractivity contribution in [3.05, 3.63) is 45.8 Å². The molecule has 1 saturated carbocycles. The minimum Gasteiger partial charge on any atom is -0.236 e. The van der Waals surface area contributed by atoms with Crippen molar-refractivity contribution in [1.29, 1.82) is 5.26 Å². The van der Waals surface area contributed by atoms with Gasteiger partial charge in [0, 0.05) is 15.7 Å². The second-order valence-electron chi connectivity index (χ2n) is 5.37. The standard InChI is InChI=1S/C16H14BrN3/c1-10-3-4-12(17)8-13(10)14-7-11(2)19-15(20-14)16(9-18)5-6-16/h3-4,7-8H,5-6H2,1-2H3. The Hall–Kier alpha value is -1.73. The molecule has 1 fully saturated rings. The number of rotatable bonds is 2. The molecule has 1 heterocycles. The first kappa shape index (κ1) is 13.3. The number of halogens is 1. The summed E-state index contributed by atoms with van der Waals surface area (Å²) in [6.45, 7) is 4.02. The second kappa shape index (κ2) is 4.68. The lowest BCUT2D eigenvalue weighted by Gasteiger charge is -2.11. The van der Waals surface area contributed by atoms with Crippen molar-refractivity contribution in [2.24, 2.45) is 0 Å². The van der Waals surface area contributed by atoms with Crippen molar-refractivity contribution in [1.82, 2.24) is 9.97 Å². The molecule has 0 N–H and O–H groups in total. The van der Waals surface area contributed by atoms with Gasteiger partial charge in [0.25, 0.3) is 0 Å². The predicted octanol–water partition coefficient (Wildman–Crippen LogP) is 4.08. The summed E-state index contributed by atoms with van der Waals surface area (Å²) in [6.07, 6.45) is 1.73. The van der Waals surface area contributed by atoms with Crippen LogP contribution in [-0.2, 0) is 5.41 Å². The van der Waals surface area contributed by atoms with Crippen molar-refractivity contribution in [3.8, 4) is 17.3 Å². The number of aromatic nitrogens is 2. The number of hydrogen-bond acceptors (Lipinski definition) is 3. The van der Waals surface area contributed by atoms with Crippen LogP contribution in [0.5, 0.6) is 0 Å². The fourth-order valence-electron chi connectivity index (χ4n) is 2.30. The summed E-state index contributed by atoms with van der Waals surface area (Å²) < 4.78 is 1.03. The Morgan fingerprint density at radius 2 is 1.95 bits per heavy atom. The summed E-state index contributed by atoms with van der Waals surface area (Å²) >= 11 is 3.50. The summed E-state index contributed by atoms with van der Waals surface area (Å²) in [5, 5.41) is 9.32. The van der Waals surface area contributed by atoms with E-state index in [9.17, 15) is 5.26 Å². The molecular weight excluding hydrogens is 314 g/mol. The van der Waals surface area contributed by atoms with Crippen LogP contribution in [0.1, 0.15) is 29.9 Å². The molecule has 1 aliphatic rings. The van der Waals surface area contributed by atoms with Gasteiger partial charge in [-0.2, -0.15) is 5.26 Å². The zero-order chi connectivity index (χ0) is 14.3. The van der Waals surface area contributed by atoms with E-state index in [2.05, 4.69) is 51.0 Å². The van der Waals surface area contributed by atoms with Crippen molar-refractivity contribution in [3.63, 3.8) is 0 Å². The number of nitrogens with zero attached hydrogens (tertiary/aromatic N) is 3. The molecule has 0 amide bonds. The lowest BCUT2D eigenvalue weighted by molar-refractivity contribution is 0.789. The Morgan fingerprint density at radius 3 is 2.60 bits per heavy atom. The Balaban J connectivity index is 2.16. The molecule has 20 heavy (non-hydrogen) atoms. The molecule has 3 nitrogen and oxygen atoms in total. The first-order valence-electron chi connectivity index (χ1n) is 6.58. The van der Waals surface area contributed by atoms with Gasteiger partial charge in [-0.05, 0) is 50.5 Å². The van der Waals surface area contributed by atoms with Crippen molar-refractivity contribution >= 4 is 15.9 Å². The third-order valence-corrected chi connectivity index (χ3v) is 4.22. The molecule has 3 rings (SSSR count). The normalized spacial score (nSPS) is 15.7. The summed E-state index contributed by atoms with van der Waals surface area (Å²) in [5.74, 6) is 0.675. The number of hydrogen-bond donors (Lipinski definition) is 0. The highest BCUT2D eigenvalue weighted by Crippen LogP contribution is 2.46. The average molecular weight is 328 g/mol. The maximum absolute atomic E-state index is 9.32. The molecule has 0 atom stereocenters. The fraction of sp³-hybridized carbons (Fsp3) is 0.312. The minimum absolute atomic E-state index is 0.444. The monoisotopic (exact) mass is 327 g/mol. The maximum atomic E-state index is 9.32. The van der Waals surface area contributed by atoms with Crippen LogP contribution in [-0.4, -0.2) is 9.97 Å². The summed E-state index contributed by atoms with van der Waals surface area (Å²) in [6, 6.07) is 10.5. The van der Waals surface area contributed by atoms with E-state index in [0.29, 0.717) is 5.82 Å². The van der Waals surface area contributed by atoms with Crippen LogP contribution in [0.4, 0.5) is 0 Å². The summed E-state index contributed by atoms with van der Waals surface area (Å²) in [7, 11) is 0. The van der Waals surface area contributed by atoms with Gasteiger partial charge in [0.05, 0.1) is 11.8 Å². The van der Waals surface area contributed by atoms with Gasteiger partial charge in [-0.1, -0.05) is 22.0 Å². The smallest absolute Gasteiger partial charge is 0.149 e.